The van der Waals surface area contributed by atoms with Crippen molar-refractivity contribution in [3.05, 3.63) is 35.9 Å². The maximum absolute atomic E-state index is 12.2. The number of primary amides is 1. The first kappa shape index (κ1) is 15.0. The van der Waals surface area contributed by atoms with Gasteiger partial charge in [-0.2, -0.15) is 0 Å². The maximum Gasteiger partial charge on any atom is 0.235 e. The summed E-state index contributed by atoms with van der Waals surface area (Å²) in [5.74, 6) is -0.111. The van der Waals surface area contributed by atoms with E-state index in [2.05, 4.69) is 5.32 Å². The van der Waals surface area contributed by atoms with Crippen molar-refractivity contribution >= 4 is 23.5 Å². The summed E-state index contributed by atoms with van der Waals surface area (Å²) in [7, 11) is 0. The normalized spacial score (nSPS) is 25.6. The molecule has 5 N–H and O–H groups in total. The van der Waals surface area contributed by atoms with E-state index >= 15 is 0 Å². The average Bonchev–Trinajstić information content (AvgIpc) is 2.84. The summed E-state index contributed by atoms with van der Waals surface area (Å²) in [6.07, 6.45) is 1.97. The molecule has 2 rings (SSSR count). The number of nitrogens with two attached hydrogens (primary N) is 2. The van der Waals surface area contributed by atoms with Gasteiger partial charge in [-0.1, -0.05) is 30.3 Å². The lowest BCUT2D eigenvalue weighted by molar-refractivity contribution is -0.123. The van der Waals surface area contributed by atoms with Crippen LogP contribution in [0.1, 0.15) is 18.4 Å². The Bertz CT molecular complexity index is 494. The van der Waals surface area contributed by atoms with Crippen molar-refractivity contribution in [2.45, 2.75) is 30.3 Å². The number of benzene rings is 1. The molecule has 1 aliphatic heterocycles. The Morgan fingerprint density at radius 1 is 1.35 bits per heavy atom. The van der Waals surface area contributed by atoms with Crippen molar-refractivity contribution in [3.8, 4) is 0 Å². The number of aryl methyl sites for hydroxylation is 1. The van der Waals surface area contributed by atoms with Crippen LogP contribution in [0, 0.1) is 0 Å². The predicted octanol–water partition coefficient (Wildman–Crippen LogP) is 0.381. The van der Waals surface area contributed by atoms with Gasteiger partial charge in [-0.15, -0.1) is 11.8 Å². The number of rotatable bonds is 6. The number of amides is 1. The molecular weight excluding hydrogens is 274 g/mol. The third-order valence-electron chi connectivity index (χ3n) is 3.34. The minimum absolute atomic E-state index is 0.0813. The molecule has 0 aromatic heterocycles. The minimum atomic E-state index is -1.17. The fourth-order valence-electron chi connectivity index (χ4n) is 2.15. The number of carbonyl (C=O) groups is 2. The Labute approximate surface area is 122 Å². The van der Waals surface area contributed by atoms with Crippen molar-refractivity contribution in [2.75, 3.05) is 5.75 Å². The van der Waals surface area contributed by atoms with Crippen LogP contribution in [0.2, 0.25) is 0 Å². The maximum atomic E-state index is 12.2. The molecule has 0 aliphatic carbocycles. The van der Waals surface area contributed by atoms with Crippen LogP contribution >= 0.6 is 11.8 Å². The van der Waals surface area contributed by atoms with Crippen molar-refractivity contribution in [2.24, 2.45) is 11.5 Å². The fraction of sp³-hybridized carbons (Fsp3) is 0.429. The second-order valence-electron chi connectivity index (χ2n) is 4.91. The fourth-order valence-corrected chi connectivity index (χ4v) is 3.32. The first-order chi connectivity index (χ1) is 9.51. The van der Waals surface area contributed by atoms with Crippen LogP contribution in [-0.4, -0.2) is 28.5 Å². The molecule has 0 saturated carbocycles. The third-order valence-corrected chi connectivity index (χ3v) is 4.64. The number of carbonyl (C=O) groups excluding carboxylic acids is 2. The molecule has 1 saturated heterocycles. The number of nitrogens with one attached hydrogen (secondary N) is 1. The summed E-state index contributed by atoms with van der Waals surface area (Å²) in [6.45, 7) is 0. The SMILES string of the molecule is NC(=O)C1CSC(N)(C(=O)CCCc2ccccc2)N1. The molecule has 0 spiro atoms. The second kappa shape index (κ2) is 6.39. The first-order valence-corrected chi connectivity index (χ1v) is 7.57. The van der Waals surface area contributed by atoms with Crippen LogP contribution in [-0.2, 0) is 16.0 Å². The minimum Gasteiger partial charge on any atom is -0.368 e. The molecule has 5 nitrogen and oxygen atoms in total. The molecule has 20 heavy (non-hydrogen) atoms. The number of ketones is 1. The highest BCUT2D eigenvalue weighted by molar-refractivity contribution is 8.01. The molecular formula is C14H19N3O2S. The molecule has 2 atom stereocenters. The quantitative estimate of drug-likeness (QED) is 0.704. The highest BCUT2D eigenvalue weighted by atomic mass is 32.2. The number of hydrogen-bond donors (Lipinski definition) is 3. The summed E-state index contributed by atoms with van der Waals surface area (Å²) in [5.41, 5.74) is 12.4. The Morgan fingerprint density at radius 3 is 2.65 bits per heavy atom. The number of thioether (sulfide) groups is 1. The lowest BCUT2D eigenvalue weighted by Gasteiger charge is -2.22. The Balaban J connectivity index is 1.82. The molecule has 2 unspecified atom stereocenters. The average molecular weight is 293 g/mol. The second-order valence-corrected chi connectivity index (χ2v) is 6.17. The van der Waals surface area contributed by atoms with E-state index in [4.69, 9.17) is 11.5 Å². The highest BCUT2D eigenvalue weighted by Crippen LogP contribution is 2.28. The van der Waals surface area contributed by atoms with Crippen LogP contribution in [0.5, 0.6) is 0 Å². The van der Waals surface area contributed by atoms with E-state index < -0.39 is 16.9 Å². The Morgan fingerprint density at radius 2 is 2.05 bits per heavy atom. The van der Waals surface area contributed by atoms with Crippen LogP contribution in [0.25, 0.3) is 0 Å². The van der Waals surface area contributed by atoms with Gasteiger partial charge in [0.05, 0.1) is 6.04 Å². The van der Waals surface area contributed by atoms with Crippen molar-refractivity contribution in [1.29, 1.82) is 0 Å². The number of hydrogen-bond acceptors (Lipinski definition) is 5. The molecule has 1 aliphatic rings. The van der Waals surface area contributed by atoms with E-state index in [1.807, 2.05) is 30.3 Å². The van der Waals surface area contributed by atoms with Gasteiger partial charge in [0.15, 0.2) is 10.8 Å². The largest absolute Gasteiger partial charge is 0.368 e. The zero-order valence-electron chi connectivity index (χ0n) is 11.2. The standard InChI is InChI=1S/C14H19N3O2S/c15-13(19)11-9-20-14(16,17-11)12(18)8-4-7-10-5-2-1-3-6-10/h1-3,5-6,11,17H,4,7-9,16H2,(H2,15,19). The van der Waals surface area contributed by atoms with E-state index in [1.54, 1.807) is 0 Å². The van der Waals surface area contributed by atoms with Crippen molar-refractivity contribution < 1.29 is 9.59 Å². The van der Waals surface area contributed by atoms with Crippen LogP contribution in [0.4, 0.5) is 0 Å². The molecule has 1 amide bonds. The van der Waals surface area contributed by atoms with E-state index in [0.29, 0.717) is 12.2 Å². The first-order valence-electron chi connectivity index (χ1n) is 6.58. The smallest absolute Gasteiger partial charge is 0.235 e. The van der Waals surface area contributed by atoms with E-state index in [0.717, 1.165) is 12.8 Å². The van der Waals surface area contributed by atoms with Crippen molar-refractivity contribution in [3.63, 3.8) is 0 Å². The van der Waals surface area contributed by atoms with Gasteiger partial charge >= 0.3 is 0 Å². The Hall–Kier alpha value is -1.37. The lowest BCUT2D eigenvalue weighted by atomic mass is 10.1. The molecule has 1 heterocycles. The lowest BCUT2D eigenvalue weighted by Crippen LogP contribution is -2.57. The van der Waals surface area contributed by atoms with Gasteiger partial charge in [0.2, 0.25) is 5.91 Å². The van der Waals surface area contributed by atoms with E-state index in [1.165, 1.54) is 17.3 Å². The molecule has 0 radical (unpaired) electrons. The molecule has 1 aromatic carbocycles. The van der Waals surface area contributed by atoms with Crippen LogP contribution < -0.4 is 16.8 Å². The van der Waals surface area contributed by atoms with Gasteiger partial charge < -0.3 is 5.73 Å². The van der Waals surface area contributed by atoms with Gasteiger partial charge in [0.25, 0.3) is 0 Å². The molecule has 108 valence electrons. The Kier molecular flexibility index (Phi) is 4.80. The summed E-state index contributed by atoms with van der Waals surface area (Å²) in [5, 5.41) is 2.83. The molecule has 1 aromatic rings. The zero-order valence-corrected chi connectivity index (χ0v) is 12.0. The van der Waals surface area contributed by atoms with Gasteiger partial charge in [-0.05, 0) is 18.4 Å². The number of Topliss-reactive ketones (excluding diaryl/α,β-unsaturated/α-hetero) is 1. The van der Waals surface area contributed by atoms with Gasteiger partial charge in [-0.3, -0.25) is 20.6 Å². The van der Waals surface area contributed by atoms with E-state index in [-0.39, 0.29) is 5.78 Å². The molecule has 1 fully saturated rings. The van der Waals surface area contributed by atoms with Crippen LogP contribution in [0.15, 0.2) is 30.3 Å². The third kappa shape index (κ3) is 3.59. The summed E-state index contributed by atoms with van der Waals surface area (Å²) >= 11 is 1.25. The van der Waals surface area contributed by atoms with Crippen LogP contribution in [0.3, 0.4) is 0 Å². The topological polar surface area (TPSA) is 98.2 Å². The van der Waals surface area contributed by atoms with Gasteiger partial charge in [-0.25, -0.2) is 0 Å². The van der Waals surface area contributed by atoms with E-state index in [9.17, 15) is 9.59 Å². The summed E-state index contributed by atoms with van der Waals surface area (Å²) < 4.78 is 0. The predicted molar refractivity (Wildman–Crippen MR) is 79.9 cm³/mol. The summed E-state index contributed by atoms with van der Waals surface area (Å²) in [4.78, 5) is 22.1. The summed E-state index contributed by atoms with van der Waals surface area (Å²) in [6, 6.07) is 9.47. The van der Waals surface area contributed by atoms with Gasteiger partial charge in [0, 0.05) is 12.2 Å². The highest BCUT2D eigenvalue weighted by Gasteiger charge is 2.43. The molecule has 6 heteroatoms. The van der Waals surface area contributed by atoms with Crippen molar-refractivity contribution in [1.82, 2.24) is 5.32 Å². The zero-order chi connectivity index (χ0) is 14.6. The monoisotopic (exact) mass is 293 g/mol. The molecule has 0 bridgehead atoms. The van der Waals surface area contributed by atoms with Gasteiger partial charge in [0.1, 0.15) is 0 Å².